The molecular formula is C20H20N4O. The molecular weight excluding hydrogens is 312 g/mol. The molecule has 1 aromatic heterocycles. The minimum Gasteiger partial charge on any atom is -0.357 e. The number of aromatic nitrogens is 2. The Morgan fingerprint density at radius 1 is 1.16 bits per heavy atom. The largest absolute Gasteiger partial charge is 0.357 e. The number of aryl methyl sites for hydroxylation is 1. The molecule has 1 saturated carbocycles. The minimum absolute atomic E-state index is 0.00605. The third-order valence-corrected chi connectivity index (χ3v) is 4.53. The van der Waals surface area contributed by atoms with E-state index >= 15 is 0 Å². The fourth-order valence-electron chi connectivity index (χ4n) is 2.89. The first-order chi connectivity index (χ1) is 12.1. The predicted octanol–water partition coefficient (Wildman–Crippen LogP) is 3.54. The van der Waals surface area contributed by atoms with Gasteiger partial charge < -0.3 is 10.6 Å². The second kappa shape index (κ2) is 6.16. The molecule has 0 atom stereocenters. The van der Waals surface area contributed by atoms with Crippen molar-refractivity contribution in [3.63, 3.8) is 0 Å². The van der Waals surface area contributed by atoms with Crippen LogP contribution in [0.25, 0.3) is 22.0 Å². The molecule has 5 nitrogen and oxygen atoms in total. The summed E-state index contributed by atoms with van der Waals surface area (Å²) in [7, 11) is 1.80. The summed E-state index contributed by atoms with van der Waals surface area (Å²) in [5, 5.41) is 6.97. The van der Waals surface area contributed by atoms with Gasteiger partial charge in [-0.1, -0.05) is 12.1 Å². The van der Waals surface area contributed by atoms with E-state index in [1.54, 1.807) is 7.05 Å². The highest BCUT2D eigenvalue weighted by Gasteiger charge is 2.24. The molecule has 25 heavy (non-hydrogen) atoms. The Balaban J connectivity index is 1.72. The normalized spacial score (nSPS) is 13.7. The van der Waals surface area contributed by atoms with Crippen LogP contribution in [0.5, 0.6) is 0 Å². The molecule has 5 heteroatoms. The van der Waals surface area contributed by atoms with Crippen molar-refractivity contribution in [1.82, 2.24) is 15.3 Å². The van der Waals surface area contributed by atoms with Gasteiger partial charge in [0.15, 0.2) is 0 Å². The monoisotopic (exact) mass is 332 g/mol. The number of nitrogens with one attached hydrogen (secondary N) is 2. The lowest BCUT2D eigenvalue weighted by Crippen LogP contribution is -2.25. The van der Waals surface area contributed by atoms with Crippen LogP contribution in [0, 0.1) is 6.92 Å². The van der Waals surface area contributed by atoms with Gasteiger partial charge in [0.1, 0.15) is 0 Å². The molecule has 1 fully saturated rings. The number of hydrogen-bond donors (Lipinski definition) is 2. The maximum atomic E-state index is 12.3. The summed E-state index contributed by atoms with van der Waals surface area (Å²) in [6, 6.07) is 12.3. The van der Waals surface area contributed by atoms with E-state index in [0.29, 0.717) is 17.6 Å². The van der Waals surface area contributed by atoms with E-state index in [2.05, 4.69) is 33.6 Å². The molecule has 0 spiro atoms. The first kappa shape index (κ1) is 15.6. The van der Waals surface area contributed by atoms with Crippen molar-refractivity contribution >= 4 is 22.8 Å². The van der Waals surface area contributed by atoms with Crippen molar-refractivity contribution in [1.29, 1.82) is 0 Å². The van der Waals surface area contributed by atoms with Crippen molar-refractivity contribution in [3.8, 4) is 11.1 Å². The summed E-state index contributed by atoms with van der Waals surface area (Å²) in [4.78, 5) is 21.1. The molecule has 0 radical (unpaired) electrons. The van der Waals surface area contributed by atoms with Gasteiger partial charge in [-0.3, -0.25) is 4.79 Å². The summed E-state index contributed by atoms with van der Waals surface area (Å²) >= 11 is 0. The van der Waals surface area contributed by atoms with E-state index in [1.165, 1.54) is 0 Å². The summed E-state index contributed by atoms with van der Waals surface area (Å²) in [6.45, 7) is 2.06. The van der Waals surface area contributed by atoms with Gasteiger partial charge in [0.2, 0.25) is 5.95 Å². The Hall–Kier alpha value is -2.95. The number of anilines is 1. The molecule has 2 N–H and O–H groups in total. The van der Waals surface area contributed by atoms with Crippen molar-refractivity contribution in [2.24, 2.45) is 0 Å². The van der Waals surface area contributed by atoms with Crippen LogP contribution in [-0.4, -0.2) is 29.0 Å². The third-order valence-electron chi connectivity index (χ3n) is 4.53. The van der Waals surface area contributed by atoms with E-state index in [9.17, 15) is 4.79 Å². The van der Waals surface area contributed by atoms with Crippen molar-refractivity contribution < 1.29 is 4.79 Å². The number of carbonyl (C=O) groups is 1. The smallest absolute Gasteiger partial charge is 0.251 e. The summed E-state index contributed by atoms with van der Waals surface area (Å²) in [5.41, 5.74) is 4.85. The average Bonchev–Trinajstić information content (AvgIpc) is 3.45. The summed E-state index contributed by atoms with van der Waals surface area (Å²) < 4.78 is 0. The number of hydrogen-bond acceptors (Lipinski definition) is 4. The Bertz CT molecular complexity index is 963. The molecule has 3 aromatic rings. The van der Waals surface area contributed by atoms with Gasteiger partial charge in [-0.25, -0.2) is 9.97 Å². The number of benzene rings is 2. The fraction of sp³-hybridized carbons (Fsp3) is 0.250. The zero-order chi connectivity index (χ0) is 17.4. The Morgan fingerprint density at radius 2 is 2.00 bits per heavy atom. The molecule has 4 rings (SSSR count). The number of nitrogens with zero attached hydrogens (tertiary/aromatic N) is 2. The van der Waals surface area contributed by atoms with Crippen LogP contribution in [-0.2, 0) is 0 Å². The van der Waals surface area contributed by atoms with Gasteiger partial charge in [0, 0.05) is 30.2 Å². The van der Waals surface area contributed by atoms with Crippen LogP contribution in [0.3, 0.4) is 0 Å². The average molecular weight is 332 g/mol. The minimum atomic E-state index is 0.00605. The van der Waals surface area contributed by atoms with E-state index < -0.39 is 0 Å². The van der Waals surface area contributed by atoms with Crippen molar-refractivity contribution in [2.75, 3.05) is 12.4 Å². The highest BCUT2D eigenvalue weighted by molar-refractivity contribution is 5.96. The van der Waals surface area contributed by atoms with E-state index in [0.717, 1.165) is 40.4 Å². The Kier molecular flexibility index (Phi) is 3.84. The van der Waals surface area contributed by atoms with Crippen LogP contribution in [0.2, 0.25) is 0 Å². The Labute approximate surface area is 146 Å². The first-order valence-corrected chi connectivity index (χ1v) is 8.50. The highest BCUT2D eigenvalue weighted by Crippen LogP contribution is 2.28. The molecule has 1 aliphatic rings. The van der Waals surface area contributed by atoms with Crippen molar-refractivity contribution in [2.45, 2.75) is 25.8 Å². The summed E-state index contributed by atoms with van der Waals surface area (Å²) in [5.74, 6) is 0.613. The zero-order valence-electron chi connectivity index (χ0n) is 14.3. The molecule has 1 aliphatic carbocycles. The van der Waals surface area contributed by atoms with Gasteiger partial charge in [0.05, 0.1) is 5.52 Å². The predicted molar refractivity (Wildman–Crippen MR) is 99.7 cm³/mol. The second-order valence-electron chi connectivity index (χ2n) is 6.49. The van der Waals surface area contributed by atoms with Gasteiger partial charge in [-0.05, 0) is 60.7 Å². The molecule has 0 unspecified atom stereocenters. The molecule has 0 aliphatic heterocycles. The van der Waals surface area contributed by atoms with Crippen LogP contribution in [0.15, 0.2) is 42.6 Å². The van der Waals surface area contributed by atoms with Gasteiger partial charge in [-0.15, -0.1) is 0 Å². The number of amides is 1. The molecule has 126 valence electrons. The molecule has 2 aromatic carbocycles. The Morgan fingerprint density at radius 3 is 2.76 bits per heavy atom. The van der Waals surface area contributed by atoms with E-state index in [-0.39, 0.29) is 5.91 Å². The van der Waals surface area contributed by atoms with Gasteiger partial charge in [0.25, 0.3) is 5.91 Å². The van der Waals surface area contributed by atoms with Gasteiger partial charge in [-0.2, -0.15) is 0 Å². The SMILES string of the molecule is CNc1ncc2cc(-c3cc(C(=O)NC4CC4)ccc3C)ccc2n1. The zero-order valence-corrected chi connectivity index (χ0v) is 14.3. The highest BCUT2D eigenvalue weighted by atomic mass is 16.1. The van der Waals surface area contributed by atoms with Crippen LogP contribution in [0.4, 0.5) is 5.95 Å². The molecule has 0 bridgehead atoms. The maximum absolute atomic E-state index is 12.3. The lowest BCUT2D eigenvalue weighted by molar-refractivity contribution is 0.0951. The quantitative estimate of drug-likeness (QED) is 0.767. The number of carbonyl (C=O) groups excluding carboxylic acids is 1. The number of fused-ring (bicyclic) bond motifs is 1. The van der Waals surface area contributed by atoms with Gasteiger partial charge >= 0.3 is 0 Å². The maximum Gasteiger partial charge on any atom is 0.251 e. The second-order valence-corrected chi connectivity index (χ2v) is 6.49. The lowest BCUT2D eigenvalue weighted by Gasteiger charge is -2.11. The van der Waals surface area contributed by atoms with Crippen LogP contribution >= 0.6 is 0 Å². The van der Waals surface area contributed by atoms with Crippen molar-refractivity contribution in [3.05, 3.63) is 53.7 Å². The standard InChI is InChI=1S/C20H20N4O/c1-12-3-4-14(19(25)23-16-6-7-16)10-17(12)13-5-8-18-15(9-13)11-22-20(21-2)24-18/h3-5,8-11,16H,6-7H2,1-2H3,(H,23,25)(H,21,22,24). The molecule has 0 saturated heterocycles. The topological polar surface area (TPSA) is 66.9 Å². The van der Waals surface area contributed by atoms with Crippen LogP contribution < -0.4 is 10.6 Å². The first-order valence-electron chi connectivity index (χ1n) is 8.50. The molecule has 1 heterocycles. The van der Waals surface area contributed by atoms with E-state index in [1.807, 2.05) is 36.5 Å². The summed E-state index contributed by atoms with van der Waals surface area (Å²) in [6.07, 6.45) is 3.99. The lowest BCUT2D eigenvalue weighted by atomic mass is 9.97. The number of rotatable bonds is 4. The molecule has 1 amide bonds. The van der Waals surface area contributed by atoms with Crippen LogP contribution in [0.1, 0.15) is 28.8 Å². The third kappa shape index (κ3) is 3.18. The fourth-order valence-corrected chi connectivity index (χ4v) is 2.89. The van der Waals surface area contributed by atoms with E-state index in [4.69, 9.17) is 0 Å².